The third-order valence-electron chi connectivity index (χ3n) is 3.16. The molecule has 1 heterocycles. The molecule has 0 spiro atoms. The zero-order valence-electron chi connectivity index (χ0n) is 8.92. The Balaban J connectivity index is 1.79. The summed E-state index contributed by atoms with van der Waals surface area (Å²) in [5.41, 5.74) is 0. The number of aromatic amines is 1. The molecule has 0 atom stereocenters. The minimum Gasteiger partial charge on any atom is -0.263 e. The lowest BCUT2D eigenvalue weighted by atomic mass is 10.0. The summed E-state index contributed by atoms with van der Waals surface area (Å²) in [6, 6.07) is 0. The van der Waals surface area contributed by atoms with Gasteiger partial charge in [-0.15, -0.1) is 0 Å². The highest BCUT2D eigenvalue weighted by atomic mass is 15.2. The van der Waals surface area contributed by atoms with Crippen LogP contribution < -0.4 is 0 Å². The summed E-state index contributed by atoms with van der Waals surface area (Å²) in [4.78, 5) is 4.42. The number of aryl methyl sites for hydroxylation is 2. The molecule has 1 fully saturated rings. The highest BCUT2D eigenvalue weighted by Gasteiger charge is 2.15. The number of rotatable bonds is 4. The largest absolute Gasteiger partial charge is 0.263 e. The van der Waals surface area contributed by atoms with Crippen LogP contribution in [0.15, 0.2) is 0 Å². The van der Waals surface area contributed by atoms with Gasteiger partial charge in [0.15, 0.2) is 0 Å². The van der Waals surface area contributed by atoms with E-state index in [-0.39, 0.29) is 0 Å². The van der Waals surface area contributed by atoms with Crippen molar-refractivity contribution in [2.75, 3.05) is 0 Å². The maximum Gasteiger partial charge on any atom is 0.150 e. The van der Waals surface area contributed by atoms with E-state index in [9.17, 15) is 0 Å². The van der Waals surface area contributed by atoms with Crippen molar-refractivity contribution in [1.82, 2.24) is 15.2 Å². The molecule has 0 unspecified atom stereocenters. The van der Waals surface area contributed by atoms with Gasteiger partial charge in [0.1, 0.15) is 11.6 Å². The van der Waals surface area contributed by atoms with Gasteiger partial charge >= 0.3 is 0 Å². The smallest absolute Gasteiger partial charge is 0.150 e. The Bertz CT molecular complexity index is 274. The van der Waals surface area contributed by atoms with E-state index in [0.29, 0.717) is 0 Å². The van der Waals surface area contributed by atoms with Crippen LogP contribution >= 0.6 is 0 Å². The van der Waals surface area contributed by atoms with E-state index in [0.717, 1.165) is 30.4 Å². The summed E-state index contributed by atoms with van der Waals surface area (Å²) < 4.78 is 0. The average Bonchev–Trinajstić information content (AvgIpc) is 2.86. The van der Waals surface area contributed by atoms with E-state index >= 15 is 0 Å². The van der Waals surface area contributed by atoms with Crippen molar-refractivity contribution in [2.45, 2.75) is 51.9 Å². The van der Waals surface area contributed by atoms with Gasteiger partial charge in [-0.3, -0.25) is 5.10 Å². The van der Waals surface area contributed by atoms with Crippen LogP contribution in [0.5, 0.6) is 0 Å². The predicted molar refractivity (Wildman–Crippen MR) is 56.0 cm³/mol. The Hall–Kier alpha value is -0.860. The second-order valence-electron chi connectivity index (χ2n) is 4.24. The molecule has 1 N–H and O–H groups in total. The van der Waals surface area contributed by atoms with E-state index < -0.39 is 0 Å². The third-order valence-corrected chi connectivity index (χ3v) is 3.16. The van der Waals surface area contributed by atoms with Crippen LogP contribution in [0.3, 0.4) is 0 Å². The number of nitrogens with zero attached hydrogens (tertiary/aromatic N) is 2. The fourth-order valence-electron chi connectivity index (χ4n) is 2.24. The fraction of sp³-hybridized carbons (Fsp3) is 0.818. The van der Waals surface area contributed by atoms with Crippen LogP contribution in [-0.4, -0.2) is 15.2 Å². The molecular weight excluding hydrogens is 174 g/mol. The topological polar surface area (TPSA) is 41.6 Å². The molecule has 78 valence electrons. The zero-order chi connectivity index (χ0) is 9.80. The van der Waals surface area contributed by atoms with Gasteiger partial charge in [-0.1, -0.05) is 32.6 Å². The molecule has 0 aromatic carbocycles. The first kappa shape index (κ1) is 9.69. The number of aromatic nitrogens is 3. The van der Waals surface area contributed by atoms with Crippen molar-refractivity contribution >= 4 is 0 Å². The standard InChI is InChI=1S/C11H19N3/c1-2-10-12-11(14-13-10)8-7-9-5-3-4-6-9/h9H,2-8H2,1H3,(H,12,13,14). The maximum atomic E-state index is 4.42. The van der Waals surface area contributed by atoms with E-state index in [2.05, 4.69) is 22.1 Å². The Morgan fingerprint density at radius 1 is 1.36 bits per heavy atom. The quantitative estimate of drug-likeness (QED) is 0.798. The molecular formula is C11H19N3. The highest BCUT2D eigenvalue weighted by molar-refractivity contribution is 4.90. The second-order valence-corrected chi connectivity index (χ2v) is 4.24. The van der Waals surface area contributed by atoms with Crippen molar-refractivity contribution in [2.24, 2.45) is 5.92 Å². The first-order chi connectivity index (χ1) is 6.88. The summed E-state index contributed by atoms with van der Waals surface area (Å²) in [5, 5.41) is 7.16. The van der Waals surface area contributed by atoms with Crippen molar-refractivity contribution in [3.05, 3.63) is 11.6 Å². The second kappa shape index (κ2) is 4.58. The maximum absolute atomic E-state index is 4.42. The van der Waals surface area contributed by atoms with Crippen LogP contribution in [0.4, 0.5) is 0 Å². The molecule has 3 nitrogen and oxygen atoms in total. The van der Waals surface area contributed by atoms with Crippen molar-refractivity contribution in [1.29, 1.82) is 0 Å². The van der Waals surface area contributed by atoms with Crippen molar-refractivity contribution in [3.63, 3.8) is 0 Å². The van der Waals surface area contributed by atoms with E-state index in [4.69, 9.17) is 0 Å². The predicted octanol–water partition coefficient (Wildman–Crippen LogP) is 2.49. The Morgan fingerprint density at radius 2 is 2.14 bits per heavy atom. The lowest BCUT2D eigenvalue weighted by molar-refractivity contribution is 0.497. The molecule has 0 saturated heterocycles. The summed E-state index contributed by atoms with van der Waals surface area (Å²) in [5.74, 6) is 2.98. The molecule has 2 rings (SSSR count). The van der Waals surface area contributed by atoms with Crippen LogP contribution in [0, 0.1) is 5.92 Å². The van der Waals surface area contributed by atoms with Gasteiger partial charge in [0.25, 0.3) is 0 Å². The molecule has 0 aliphatic heterocycles. The monoisotopic (exact) mass is 193 g/mol. The van der Waals surface area contributed by atoms with Crippen LogP contribution in [0.2, 0.25) is 0 Å². The van der Waals surface area contributed by atoms with Crippen molar-refractivity contribution in [3.8, 4) is 0 Å². The molecule has 1 aliphatic rings. The average molecular weight is 193 g/mol. The molecule has 0 bridgehead atoms. The summed E-state index contributed by atoms with van der Waals surface area (Å²) >= 11 is 0. The van der Waals surface area contributed by atoms with Gasteiger partial charge in [-0.05, 0) is 12.3 Å². The minimum atomic E-state index is 0.930. The summed E-state index contributed by atoms with van der Waals surface area (Å²) in [7, 11) is 0. The molecule has 0 amide bonds. The summed E-state index contributed by atoms with van der Waals surface area (Å²) in [6.07, 6.45) is 9.02. The van der Waals surface area contributed by atoms with Gasteiger partial charge in [0.05, 0.1) is 0 Å². The zero-order valence-corrected chi connectivity index (χ0v) is 8.92. The molecule has 14 heavy (non-hydrogen) atoms. The van der Waals surface area contributed by atoms with Gasteiger partial charge in [-0.2, -0.15) is 5.10 Å². The number of nitrogens with one attached hydrogen (secondary N) is 1. The molecule has 3 heteroatoms. The first-order valence-electron chi connectivity index (χ1n) is 5.78. The molecule has 0 radical (unpaired) electrons. The molecule has 1 aromatic heterocycles. The first-order valence-corrected chi connectivity index (χ1v) is 5.78. The normalized spacial score (nSPS) is 17.8. The van der Waals surface area contributed by atoms with E-state index in [1.54, 1.807) is 0 Å². The Labute approximate surface area is 85.3 Å². The van der Waals surface area contributed by atoms with Gasteiger partial charge in [0, 0.05) is 12.8 Å². The van der Waals surface area contributed by atoms with Crippen molar-refractivity contribution < 1.29 is 0 Å². The highest BCUT2D eigenvalue weighted by Crippen LogP contribution is 2.28. The van der Waals surface area contributed by atoms with E-state index in [1.807, 2.05) is 0 Å². The molecule has 1 aliphatic carbocycles. The molecule has 1 aromatic rings. The third kappa shape index (κ3) is 2.34. The van der Waals surface area contributed by atoms with E-state index in [1.165, 1.54) is 32.1 Å². The van der Waals surface area contributed by atoms with Gasteiger partial charge in [-0.25, -0.2) is 4.98 Å². The van der Waals surface area contributed by atoms with Crippen LogP contribution in [0.25, 0.3) is 0 Å². The fourth-order valence-corrected chi connectivity index (χ4v) is 2.24. The molecule has 1 saturated carbocycles. The minimum absolute atomic E-state index is 0.930. The number of hydrogen-bond acceptors (Lipinski definition) is 2. The number of hydrogen-bond donors (Lipinski definition) is 1. The lowest BCUT2D eigenvalue weighted by Crippen LogP contribution is -1.97. The van der Waals surface area contributed by atoms with Gasteiger partial charge in [0.2, 0.25) is 0 Å². The van der Waals surface area contributed by atoms with Crippen LogP contribution in [-0.2, 0) is 12.8 Å². The SMILES string of the molecule is CCc1n[nH]c(CCC2CCCC2)n1. The lowest BCUT2D eigenvalue weighted by Gasteiger charge is -2.05. The van der Waals surface area contributed by atoms with Crippen LogP contribution in [0.1, 0.15) is 50.7 Å². The Morgan fingerprint density at radius 3 is 2.79 bits per heavy atom. The Kier molecular flexibility index (Phi) is 3.17. The summed E-state index contributed by atoms with van der Waals surface area (Å²) in [6.45, 7) is 2.09. The van der Waals surface area contributed by atoms with Gasteiger partial charge < -0.3 is 0 Å². The number of H-pyrrole nitrogens is 1.